The summed E-state index contributed by atoms with van der Waals surface area (Å²) in [5.74, 6) is -0.249. The highest BCUT2D eigenvalue weighted by atomic mass is 35.5. The van der Waals surface area contributed by atoms with Crippen LogP contribution in [0, 0.1) is 50.7 Å². The molecule has 314 valence electrons. The van der Waals surface area contributed by atoms with Crippen LogP contribution in [0.4, 0.5) is 0 Å². The molecule has 0 radical (unpaired) electrons. The van der Waals surface area contributed by atoms with Crippen LogP contribution in [0.5, 0.6) is 0 Å². The minimum atomic E-state index is -1.18. The van der Waals surface area contributed by atoms with Crippen molar-refractivity contribution in [3.63, 3.8) is 0 Å². The number of Topliss-reactive ketones (excluding diaryl/α,β-unsaturated/α-hetero) is 1. The topological polar surface area (TPSA) is 117 Å². The molecular weight excluding hydrogens is 740 g/mol. The van der Waals surface area contributed by atoms with Crippen molar-refractivity contribution in [2.75, 3.05) is 7.11 Å². The molecule has 9 atom stereocenters. The molecule has 0 spiro atoms. The third-order valence-corrected chi connectivity index (χ3v) is 17.8. The van der Waals surface area contributed by atoms with E-state index in [9.17, 15) is 24.3 Å². The number of nitrogens with zero attached hydrogens (tertiary/aromatic N) is 2. The number of carboxylic acids is 1. The van der Waals surface area contributed by atoms with Gasteiger partial charge in [0.15, 0.2) is 5.78 Å². The Morgan fingerprint density at radius 2 is 1.65 bits per heavy atom. The van der Waals surface area contributed by atoms with Gasteiger partial charge < -0.3 is 14.6 Å². The highest BCUT2D eigenvalue weighted by molar-refractivity contribution is 6.31. The van der Waals surface area contributed by atoms with Gasteiger partial charge in [0.1, 0.15) is 11.1 Å². The number of hydrogen-bond donors (Lipinski definition) is 1. The lowest BCUT2D eigenvalue weighted by Crippen LogP contribution is -2.66. The van der Waals surface area contributed by atoms with Gasteiger partial charge in [0.2, 0.25) is 0 Å². The van der Waals surface area contributed by atoms with Crippen LogP contribution < -0.4 is 5.56 Å². The number of methoxy groups -OCH3 is 1. The van der Waals surface area contributed by atoms with Crippen LogP contribution in [-0.2, 0) is 36.3 Å². The monoisotopic (exact) mass is 806 g/mol. The average Bonchev–Trinajstić information content (AvgIpc) is 3.54. The number of aromatic nitrogens is 2. The molecule has 0 aromatic carbocycles. The number of rotatable bonds is 8. The summed E-state index contributed by atoms with van der Waals surface area (Å²) in [5, 5.41) is 9.87. The van der Waals surface area contributed by atoms with Crippen molar-refractivity contribution in [3.8, 4) is 0 Å². The smallest absolute Gasteiger partial charge is 0.309 e. The highest BCUT2D eigenvalue weighted by Crippen LogP contribution is 2.77. The van der Waals surface area contributed by atoms with Crippen molar-refractivity contribution < 1.29 is 29.0 Å². The van der Waals surface area contributed by atoms with E-state index in [1.54, 1.807) is 25.6 Å². The summed E-state index contributed by atoms with van der Waals surface area (Å²) in [6.45, 7) is 21.6. The van der Waals surface area contributed by atoms with Crippen LogP contribution >= 0.6 is 11.6 Å². The molecule has 57 heavy (non-hydrogen) atoms. The minimum absolute atomic E-state index is 0.00747. The Labute approximate surface area is 344 Å². The SMILES string of the molecule is COC1(C)C=CC(n2c(=O)c(Cl)c(C34CC[C@]5(C)C(CCC6C7(C)CCC(OC(=O)CC(C)(C)C(=O)O)C(C)(C)C7CCC65C)C3=C(C(C)C)C(=O)C4)n2C)=CC1. The fraction of sp³-hybridized carbons (Fsp3) is 0.745. The number of halogens is 1. The van der Waals surface area contributed by atoms with Gasteiger partial charge in [-0.15, -0.1) is 0 Å². The van der Waals surface area contributed by atoms with Crippen LogP contribution in [0.15, 0.2) is 34.2 Å². The lowest BCUT2D eigenvalue weighted by Gasteiger charge is -2.72. The molecule has 1 aromatic rings. The predicted molar refractivity (Wildman–Crippen MR) is 223 cm³/mol. The van der Waals surface area contributed by atoms with Gasteiger partial charge in [-0.05, 0) is 129 Å². The van der Waals surface area contributed by atoms with Gasteiger partial charge >= 0.3 is 11.9 Å². The summed E-state index contributed by atoms with van der Waals surface area (Å²) in [6.07, 6.45) is 14.0. The molecule has 6 aliphatic carbocycles. The van der Waals surface area contributed by atoms with Crippen molar-refractivity contribution in [1.82, 2.24) is 9.36 Å². The number of carbonyl (C=O) groups is 3. The van der Waals surface area contributed by atoms with E-state index in [0.29, 0.717) is 24.7 Å². The standard InChI is InChI=1S/C47H67ClN2O7/c1-27(2)35-30(51)25-47(38-37(48)39(53)50(49(38)11)28-15-19-43(7,56-12)20-16-28)24-23-45(9)29(36(35)47)13-14-32-44(8)21-18-33(57-34(52)26-41(3,4)40(54)55)42(5,6)31(44)17-22-46(32,45)10/h15-16,19,27,29,31-33H,13-14,17-18,20-26H2,1-12H3,(H,54,55)/t29?,31?,32?,33?,43?,44?,45-,46?,47?/m1/s1. The van der Waals surface area contributed by atoms with E-state index in [1.807, 2.05) is 36.9 Å². The maximum atomic E-state index is 14.5. The van der Waals surface area contributed by atoms with E-state index in [2.05, 4.69) is 48.5 Å². The Morgan fingerprint density at radius 3 is 2.25 bits per heavy atom. The third-order valence-electron chi connectivity index (χ3n) is 17.5. The predicted octanol–water partition coefficient (Wildman–Crippen LogP) is 9.69. The fourth-order valence-electron chi connectivity index (χ4n) is 14.1. The number of ketones is 1. The molecule has 7 rings (SSSR count). The van der Waals surface area contributed by atoms with Gasteiger partial charge in [-0.2, -0.15) is 0 Å². The van der Waals surface area contributed by atoms with Gasteiger partial charge in [0.05, 0.1) is 28.8 Å². The number of ether oxygens (including phenoxy) is 2. The van der Waals surface area contributed by atoms with Crippen LogP contribution in [0.2, 0.25) is 5.02 Å². The Hall–Kier alpha value is -2.91. The summed E-state index contributed by atoms with van der Waals surface area (Å²) in [7, 11) is 3.63. The van der Waals surface area contributed by atoms with Crippen molar-refractivity contribution in [3.05, 3.63) is 50.4 Å². The van der Waals surface area contributed by atoms with E-state index in [4.69, 9.17) is 21.1 Å². The van der Waals surface area contributed by atoms with Crippen LogP contribution in [0.1, 0.15) is 146 Å². The quantitative estimate of drug-likeness (QED) is 0.260. The summed E-state index contributed by atoms with van der Waals surface area (Å²) in [6, 6.07) is 0. The number of hydrogen-bond acceptors (Lipinski definition) is 6. The molecular formula is C47H67ClN2O7. The van der Waals surface area contributed by atoms with Crippen LogP contribution in [0.25, 0.3) is 5.70 Å². The Balaban J connectivity index is 1.24. The number of carbonyl (C=O) groups excluding carboxylic acids is 2. The normalized spacial score (nSPS) is 38.6. The number of carboxylic acid groups (broad SMARTS) is 1. The fourth-order valence-corrected chi connectivity index (χ4v) is 14.5. The van der Waals surface area contributed by atoms with E-state index < -0.39 is 28.4 Å². The maximum Gasteiger partial charge on any atom is 0.309 e. The summed E-state index contributed by atoms with van der Waals surface area (Å²) in [4.78, 5) is 53.6. The maximum absolute atomic E-state index is 14.5. The van der Waals surface area contributed by atoms with Gasteiger partial charge in [-0.3, -0.25) is 23.9 Å². The molecule has 0 amide bonds. The zero-order valence-electron chi connectivity index (χ0n) is 36.6. The van der Waals surface area contributed by atoms with Crippen LogP contribution in [0.3, 0.4) is 0 Å². The van der Waals surface area contributed by atoms with Crippen LogP contribution in [-0.4, -0.2) is 51.0 Å². The van der Waals surface area contributed by atoms with E-state index in [-0.39, 0.29) is 62.4 Å². The van der Waals surface area contributed by atoms with Crippen molar-refractivity contribution in [1.29, 1.82) is 0 Å². The zero-order valence-corrected chi connectivity index (χ0v) is 37.3. The molecule has 9 nitrogen and oxygen atoms in total. The molecule has 4 fully saturated rings. The number of fused-ring (bicyclic) bond motifs is 7. The first-order valence-corrected chi connectivity index (χ1v) is 21.9. The molecule has 1 N–H and O–H groups in total. The highest BCUT2D eigenvalue weighted by Gasteiger charge is 2.71. The molecule has 0 bridgehead atoms. The van der Waals surface area contributed by atoms with Crippen molar-refractivity contribution in [2.45, 2.75) is 157 Å². The molecule has 1 heterocycles. The van der Waals surface area contributed by atoms with Gasteiger partial charge in [-0.25, -0.2) is 4.68 Å². The molecule has 8 unspecified atom stereocenters. The third kappa shape index (κ3) is 5.91. The lowest BCUT2D eigenvalue weighted by atomic mass is 9.33. The number of allylic oxidation sites excluding steroid dienone is 4. The van der Waals surface area contributed by atoms with Gasteiger partial charge in [-0.1, -0.05) is 72.2 Å². The Bertz CT molecular complexity index is 2050. The van der Waals surface area contributed by atoms with E-state index in [0.717, 1.165) is 68.3 Å². The zero-order chi connectivity index (χ0) is 42.1. The van der Waals surface area contributed by atoms with E-state index >= 15 is 0 Å². The second-order valence-electron chi connectivity index (χ2n) is 21.5. The number of aliphatic carboxylic acids is 1. The molecule has 0 aliphatic heterocycles. The largest absolute Gasteiger partial charge is 0.481 e. The molecule has 6 aliphatic rings. The minimum Gasteiger partial charge on any atom is -0.481 e. The van der Waals surface area contributed by atoms with E-state index in [1.165, 1.54) is 5.57 Å². The Morgan fingerprint density at radius 1 is 0.965 bits per heavy atom. The molecule has 0 saturated heterocycles. The molecule has 4 saturated carbocycles. The first kappa shape index (κ1) is 42.2. The first-order chi connectivity index (χ1) is 26.3. The second kappa shape index (κ2) is 13.6. The summed E-state index contributed by atoms with van der Waals surface area (Å²) in [5.41, 5.74) is 0.854. The van der Waals surface area contributed by atoms with Gasteiger partial charge in [0.25, 0.3) is 5.56 Å². The average molecular weight is 808 g/mol. The lowest BCUT2D eigenvalue weighted by molar-refractivity contribution is -0.232. The molecule has 10 heteroatoms. The van der Waals surface area contributed by atoms with Crippen molar-refractivity contribution >= 4 is 35.0 Å². The summed E-state index contributed by atoms with van der Waals surface area (Å²) < 4.78 is 15.5. The van der Waals surface area contributed by atoms with Crippen molar-refractivity contribution in [2.24, 2.45) is 57.8 Å². The second-order valence-corrected chi connectivity index (χ2v) is 21.8. The van der Waals surface area contributed by atoms with Gasteiger partial charge in [0, 0.05) is 37.8 Å². The number of esters is 1. The summed E-state index contributed by atoms with van der Waals surface area (Å²) >= 11 is 7.23. The Kier molecular flexibility index (Phi) is 10.0. The molecule has 1 aromatic heterocycles. The first-order valence-electron chi connectivity index (χ1n) is 21.5.